The van der Waals surface area contributed by atoms with Crippen LogP contribution in [0.2, 0.25) is 0 Å². The molecule has 0 unspecified atom stereocenters. The lowest BCUT2D eigenvalue weighted by Gasteiger charge is -2.44. The van der Waals surface area contributed by atoms with Crippen LogP contribution < -0.4 is 10.5 Å². The van der Waals surface area contributed by atoms with Crippen molar-refractivity contribution in [2.24, 2.45) is 0 Å². The lowest BCUT2D eigenvalue weighted by Crippen LogP contribution is -2.47. The Hall–Kier alpha value is -3.96. The number of hydrogen-bond donors (Lipinski definition) is 1. The third-order valence-electron chi connectivity index (χ3n) is 6.67. The van der Waals surface area contributed by atoms with Gasteiger partial charge in [-0.1, -0.05) is 6.07 Å². The Morgan fingerprint density at radius 1 is 1.26 bits per heavy atom. The van der Waals surface area contributed by atoms with Crippen LogP contribution in [-0.2, 0) is 6.18 Å². The minimum atomic E-state index is -4.85. The monoisotopic (exact) mass is 486 g/mol. The predicted molar refractivity (Wildman–Crippen MR) is 116 cm³/mol. The molecule has 1 saturated heterocycles. The summed E-state index contributed by atoms with van der Waals surface area (Å²) in [5, 5.41) is 0. The average Bonchev–Trinajstić information content (AvgIpc) is 3.21. The number of pyridine rings is 1. The van der Waals surface area contributed by atoms with Gasteiger partial charge in [0.05, 0.1) is 29.0 Å². The molecular formula is C23H18F4N6O2. The van der Waals surface area contributed by atoms with Crippen LogP contribution in [-0.4, -0.2) is 42.8 Å². The van der Waals surface area contributed by atoms with Crippen LogP contribution in [0.25, 0.3) is 16.6 Å². The highest BCUT2D eigenvalue weighted by molar-refractivity contribution is 5.96. The first-order valence-electron chi connectivity index (χ1n) is 10.9. The van der Waals surface area contributed by atoms with Crippen LogP contribution in [0.5, 0.6) is 5.75 Å². The molecule has 0 radical (unpaired) electrons. The third-order valence-corrected chi connectivity index (χ3v) is 6.67. The summed E-state index contributed by atoms with van der Waals surface area (Å²) < 4.78 is 61.7. The summed E-state index contributed by atoms with van der Waals surface area (Å²) in [6.45, 7) is 2.08. The van der Waals surface area contributed by atoms with Crippen molar-refractivity contribution in [1.82, 2.24) is 24.3 Å². The summed E-state index contributed by atoms with van der Waals surface area (Å²) in [6, 6.07) is 2.82. The van der Waals surface area contributed by atoms with Crippen molar-refractivity contribution in [3.8, 4) is 5.75 Å². The van der Waals surface area contributed by atoms with Gasteiger partial charge < -0.3 is 15.4 Å². The maximum absolute atomic E-state index is 14.8. The van der Waals surface area contributed by atoms with Gasteiger partial charge in [-0.2, -0.15) is 13.2 Å². The summed E-state index contributed by atoms with van der Waals surface area (Å²) >= 11 is 0. The zero-order chi connectivity index (χ0) is 24.6. The van der Waals surface area contributed by atoms with E-state index in [2.05, 4.69) is 15.0 Å². The maximum atomic E-state index is 14.8. The van der Waals surface area contributed by atoms with Crippen molar-refractivity contribution in [1.29, 1.82) is 0 Å². The summed E-state index contributed by atoms with van der Waals surface area (Å²) in [4.78, 5) is 27.9. The number of aryl methyl sites for hydroxylation is 1. The first kappa shape index (κ1) is 21.6. The number of carbonyl (C=O) groups is 1. The van der Waals surface area contributed by atoms with Gasteiger partial charge in [0.15, 0.2) is 17.4 Å². The number of nitrogens with zero attached hydrogens (tertiary/aromatic N) is 5. The number of likely N-dealkylation sites (tertiary alicyclic amines) is 1. The molecular weight excluding hydrogens is 468 g/mol. The lowest BCUT2D eigenvalue weighted by atomic mass is 9.88. The largest absolute Gasteiger partial charge is 0.487 e. The molecule has 2 N–H and O–H groups in total. The Kier molecular flexibility index (Phi) is 4.48. The third kappa shape index (κ3) is 3.19. The number of alkyl halides is 3. The van der Waals surface area contributed by atoms with Gasteiger partial charge in [0.25, 0.3) is 5.91 Å². The van der Waals surface area contributed by atoms with Gasteiger partial charge in [0.2, 0.25) is 0 Å². The number of hydrogen-bond acceptors (Lipinski definition) is 6. The van der Waals surface area contributed by atoms with Gasteiger partial charge in [0.1, 0.15) is 29.2 Å². The van der Waals surface area contributed by atoms with Crippen molar-refractivity contribution in [2.45, 2.75) is 38.1 Å². The predicted octanol–water partition coefficient (Wildman–Crippen LogP) is 4.06. The molecule has 35 heavy (non-hydrogen) atoms. The number of ether oxygens (including phenoxy) is 1. The minimum Gasteiger partial charge on any atom is -0.487 e. The van der Waals surface area contributed by atoms with Gasteiger partial charge in [-0.05, 0) is 19.1 Å². The molecule has 12 heteroatoms. The summed E-state index contributed by atoms with van der Waals surface area (Å²) in [6.07, 6.45) is -1.61. The van der Waals surface area contributed by atoms with Crippen molar-refractivity contribution in [3.05, 3.63) is 59.1 Å². The molecule has 1 amide bonds. The Morgan fingerprint density at radius 2 is 2.06 bits per heavy atom. The number of benzene rings is 1. The topological polar surface area (TPSA) is 98.6 Å². The molecule has 3 aromatic heterocycles. The number of fused-ring (bicyclic) bond motifs is 7. The zero-order valence-corrected chi connectivity index (χ0v) is 18.3. The number of aromatic nitrogens is 4. The molecule has 2 atom stereocenters. The second-order valence-corrected chi connectivity index (χ2v) is 8.73. The van der Waals surface area contributed by atoms with E-state index in [1.807, 2.05) is 0 Å². The SMILES string of the molecule is Cc1ncn2c1c(N)nc1cnc(C(=O)N3CC[C@@H]4C[C@@H]3c3ccc(C(F)(F)F)c(F)c3O4)cc12. The molecule has 2 bridgehead atoms. The minimum absolute atomic E-state index is 0.121. The van der Waals surface area contributed by atoms with Crippen LogP contribution in [0.15, 0.2) is 30.7 Å². The van der Waals surface area contributed by atoms with Crippen molar-refractivity contribution < 1.29 is 27.1 Å². The van der Waals surface area contributed by atoms with Crippen LogP contribution in [0.1, 0.15) is 46.2 Å². The quantitative estimate of drug-likeness (QED) is 0.408. The molecule has 0 saturated carbocycles. The number of amides is 1. The molecule has 1 aromatic carbocycles. The van der Waals surface area contributed by atoms with E-state index in [1.165, 1.54) is 17.2 Å². The number of carbonyl (C=O) groups excluding carboxylic acids is 1. The second kappa shape index (κ2) is 7.27. The smallest absolute Gasteiger partial charge is 0.419 e. The van der Waals surface area contributed by atoms with Crippen molar-refractivity contribution >= 4 is 28.3 Å². The Balaban J connectivity index is 1.42. The van der Waals surface area contributed by atoms with Crippen LogP contribution in [0, 0.1) is 12.7 Å². The van der Waals surface area contributed by atoms with E-state index in [1.54, 1.807) is 23.7 Å². The van der Waals surface area contributed by atoms with E-state index in [4.69, 9.17) is 10.5 Å². The zero-order valence-electron chi connectivity index (χ0n) is 18.3. The number of nitrogen functional groups attached to an aromatic ring is 1. The maximum Gasteiger partial charge on any atom is 0.419 e. The van der Waals surface area contributed by atoms with Gasteiger partial charge in [0, 0.05) is 24.9 Å². The molecule has 8 nitrogen and oxygen atoms in total. The van der Waals surface area contributed by atoms with Crippen LogP contribution in [0.3, 0.4) is 0 Å². The number of imidazole rings is 1. The Labute approximate surface area is 195 Å². The van der Waals surface area contributed by atoms with E-state index in [-0.39, 0.29) is 23.6 Å². The highest BCUT2D eigenvalue weighted by Gasteiger charge is 2.43. The highest BCUT2D eigenvalue weighted by Crippen LogP contribution is 2.47. The van der Waals surface area contributed by atoms with Crippen molar-refractivity contribution in [3.63, 3.8) is 0 Å². The first-order chi connectivity index (χ1) is 16.6. The van der Waals surface area contributed by atoms with E-state index in [0.717, 1.165) is 0 Å². The normalized spacial score (nSPS) is 19.6. The molecule has 180 valence electrons. The number of halogens is 4. The number of nitrogens with two attached hydrogens (primary N) is 1. The fraction of sp³-hybridized carbons (Fsp3) is 0.304. The van der Waals surface area contributed by atoms with E-state index < -0.39 is 41.4 Å². The van der Waals surface area contributed by atoms with Gasteiger partial charge in [-0.25, -0.2) is 19.3 Å². The number of piperidine rings is 1. The number of rotatable bonds is 1. The van der Waals surface area contributed by atoms with E-state index >= 15 is 0 Å². The molecule has 2 aliphatic heterocycles. The van der Waals surface area contributed by atoms with Gasteiger partial charge in [-0.15, -0.1) is 0 Å². The molecule has 0 aliphatic carbocycles. The van der Waals surface area contributed by atoms with E-state index in [9.17, 15) is 22.4 Å². The summed E-state index contributed by atoms with van der Waals surface area (Å²) in [5.74, 6) is -2.04. The average molecular weight is 486 g/mol. The summed E-state index contributed by atoms with van der Waals surface area (Å²) in [5.41, 5.74) is 7.34. The Bertz CT molecular complexity index is 1530. The van der Waals surface area contributed by atoms with Crippen LogP contribution >= 0.6 is 0 Å². The second-order valence-electron chi connectivity index (χ2n) is 8.73. The van der Waals surface area contributed by atoms with Crippen molar-refractivity contribution in [2.75, 3.05) is 12.3 Å². The molecule has 6 rings (SSSR count). The standard InChI is InChI=1S/C23H18F4N6O2/c1-10-19-21(28)31-15-8-29-14(7-17(15)33(19)9-30-10)22(34)32-5-4-11-6-16(32)12-2-3-13(23(25,26)27)18(24)20(12)35-11/h2-3,7-9,11,16H,4-6H2,1H3,(H2,28,31)/t11-,16-/m1/s1. The number of anilines is 1. The van der Waals surface area contributed by atoms with Crippen LogP contribution in [0.4, 0.5) is 23.4 Å². The molecule has 0 spiro atoms. The Morgan fingerprint density at radius 3 is 2.83 bits per heavy atom. The molecule has 1 fully saturated rings. The fourth-order valence-electron chi connectivity index (χ4n) is 5.01. The lowest BCUT2D eigenvalue weighted by molar-refractivity contribution is -0.140. The van der Waals surface area contributed by atoms with Gasteiger partial charge >= 0.3 is 6.18 Å². The fourth-order valence-corrected chi connectivity index (χ4v) is 5.01. The van der Waals surface area contributed by atoms with Gasteiger partial charge in [-0.3, -0.25) is 9.20 Å². The first-order valence-corrected chi connectivity index (χ1v) is 10.9. The summed E-state index contributed by atoms with van der Waals surface area (Å²) in [7, 11) is 0. The highest BCUT2D eigenvalue weighted by atomic mass is 19.4. The molecule has 5 heterocycles. The molecule has 4 aromatic rings. The molecule has 2 aliphatic rings. The van der Waals surface area contributed by atoms with E-state index in [0.29, 0.717) is 41.2 Å².